The molecule has 0 N–H and O–H groups in total. The van der Waals surface area contributed by atoms with Gasteiger partial charge in [0.05, 0.1) is 18.4 Å². The Kier molecular flexibility index (Phi) is 2.66. The zero-order chi connectivity index (χ0) is 9.03. The molecule has 1 rings (SSSR count). The van der Waals surface area contributed by atoms with Gasteiger partial charge in [0.15, 0.2) is 0 Å². The van der Waals surface area contributed by atoms with E-state index in [0.717, 1.165) is 25.0 Å². The summed E-state index contributed by atoms with van der Waals surface area (Å²) in [6.45, 7) is 4.54. The Morgan fingerprint density at radius 3 is 2.92 bits per heavy atom. The fraction of sp³-hybridized carbons (Fsp3) is 0.667. The second-order valence-electron chi connectivity index (χ2n) is 3.38. The summed E-state index contributed by atoms with van der Waals surface area (Å²) in [7, 11) is 0. The number of hydrogen-bond acceptors (Lipinski definition) is 3. The molecule has 0 atom stereocenters. The smallest absolute Gasteiger partial charge is 0.235 e. The van der Waals surface area contributed by atoms with E-state index in [1.807, 2.05) is 13.8 Å². The molecule has 0 amide bonds. The fourth-order valence-electron chi connectivity index (χ4n) is 1.20. The zero-order valence-corrected chi connectivity index (χ0v) is 7.46. The van der Waals surface area contributed by atoms with E-state index >= 15 is 0 Å². The lowest BCUT2D eigenvalue weighted by atomic mass is 9.91. The normalized spacial score (nSPS) is 17.3. The minimum Gasteiger partial charge on any atom is -0.501 e. The van der Waals surface area contributed by atoms with Crippen LogP contribution in [-0.4, -0.2) is 18.2 Å². The summed E-state index contributed by atoms with van der Waals surface area (Å²) < 4.78 is 5.16. The molecule has 0 bridgehead atoms. The Balaban J connectivity index is 2.78. The number of carbonyl (C=O) groups excluding carboxylic acids is 1. The maximum absolute atomic E-state index is 10.1. The van der Waals surface area contributed by atoms with Crippen molar-refractivity contribution in [3.63, 3.8) is 0 Å². The summed E-state index contributed by atoms with van der Waals surface area (Å²) in [4.78, 5) is 13.8. The van der Waals surface area contributed by atoms with Crippen LogP contribution in [-0.2, 0) is 9.53 Å². The van der Waals surface area contributed by atoms with Gasteiger partial charge < -0.3 is 4.74 Å². The molecule has 0 aromatic carbocycles. The van der Waals surface area contributed by atoms with Crippen molar-refractivity contribution in [3.05, 3.63) is 11.8 Å². The van der Waals surface area contributed by atoms with Gasteiger partial charge in [-0.15, -0.1) is 0 Å². The summed E-state index contributed by atoms with van der Waals surface area (Å²) >= 11 is 0. The van der Waals surface area contributed by atoms with Crippen LogP contribution in [0.5, 0.6) is 0 Å². The zero-order valence-electron chi connectivity index (χ0n) is 7.46. The molecular weight excluding hydrogens is 154 g/mol. The molecule has 0 radical (unpaired) electrons. The van der Waals surface area contributed by atoms with Crippen LogP contribution in [0.15, 0.2) is 16.8 Å². The van der Waals surface area contributed by atoms with Gasteiger partial charge in [-0.25, -0.2) is 4.79 Å². The molecule has 1 heterocycles. The van der Waals surface area contributed by atoms with Crippen LogP contribution in [0.25, 0.3) is 0 Å². The minimum absolute atomic E-state index is 0.442. The summed E-state index contributed by atoms with van der Waals surface area (Å²) in [5.41, 5.74) is 0.624. The van der Waals surface area contributed by atoms with Gasteiger partial charge in [0.2, 0.25) is 6.08 Å². The molecule has 0 saturated carbocycles. The largest absolute Gasteiger partial charge is 0.501 e. The first kappa shape index (κ1) is 9.01. The molecule has 0 fully saturated rings. The molecule has 3 heteroatoms. The lowest BCUT2D eigenvalue weighted by Crippen LogP contribution is -2.22. The molecule has 1 aliphatic heterocycles. The van der Waals surface area contributed by atoms with Crippen LogP contribution in [0.3, 0.4) is 0 Å². The predicted molar refractivity (Wildman–Crippen MR) is 45.5 cm³/mol. The van der Waals surface area contributed by atoms with Crippen LogP contribution in [0, 0.1) is 0 Å². The third-order valence-electron chi connectivity index (χ3n) is 2.04. The van der Waals surface area contributed by atoms with Gasteiger partial charge in [-0.3, -0.25) is 0 Å². The standard InChI is InChI=1S/C9H13NO2/c1-9(2,10-7-11)8-4-3-5-12-6-8/h6H,3-5H2,1-2H3. The number of isocyanates is 1. The maximum Gasteiger partial charge on any atom is 0.235 e. The molecule has 0 unspecified atom stereocenters. The van der Waals surface area contributed by atoms with Crippen LogP contribution in [0.2, 0.25) is 0 Å². The number of aliphatic imine (C=N–C) groups is 1. The quantitative estimate of drug-likeness (QED) is 0.464. The van der Waals surface area contributed by atoms with Crippen LogP contribution in [0.4, 0.5) is 0 Å². The van der Waals surface area contributed by atoms with Gasteiger partial charge in [0.1, 0.15) is 0 Å². The summed E-state index contributed by atoms with van der Waals surface area (Å²) in [5.74, 6) is 0. The second kappa shape index (κ2) is 3.55. The van der Waals surface area contributed by atoms with Crippen molar-refractivity contribution in [2.24, 2.45) is 4.99 Å². The number of rotatable bonds is 2. The van der Waals surface area contributed by atoms with Crippen molar-refractivity contribution < 1.29 is 9.53 Å². The lowest BCUT2D eigenvalue weighted by molar-refractivity contribution is 0.217. The highest BCUT2D eigenvalue weighted by Crippen LogP contribution is 2.26. The van der Waals surface area contributed by atoms with Gasteiger partial charge in [-0.1, -0.05) is 0 Å². The highest BCUT2D eigenvalue weighted by atomic mass is 16.5. The fourth-order valence-corrected chi connectivity index (χ4v) is 1.20. The maximum atomic E-state index is 10.1. The summed E-state index contributed by atoms with van der Waals surface area (Å²) in [6.07, 6.45) is 5.26. The Labute approximate surface area is 72.1 Å². The molecule has 66 valence electrons. The number of nitrogens with zero attached hydrogens (tertiary/aromatic N) is 1. The first-order valence-electron chi connectivity index (χ1n) is 4.07. The summed E-state index contributed by atoms with van der Waals surface area (Å²) in [5, 5.41) is 0. The lowest BCUT2D eigenvalue weighted by Gasteiger charge is -2.24. The van der Waals surface area contributed by atoms with Crippen LogP contribution >= 0.6 is 0 Å². The van der Waals surface area contributed by atoms with Gasteiger partial charge >= 0.3 is 0 Å². The van der Waals surface area contributed by atoms with Gasteiger partial charge in [0, 0.05) is 0 Å². The molecule has 0 saturated heterocycles. The molecule has 1 aliphatic rings. The Bertz CT molecular complexity index is 237. The molecule has 0 spiro atoms. The van der Waals surface area contributed by atoms with Crippen molar-refractivity contribution >= 4 is 6.08 Å². The van der Waals surface area contributed by atoms with E-state index in [1.165, 1.54) is 0 Å². The third-order valence-corrected chi connectivity index (χ3v) is 2.04. The van der Waals surface area contributed by atoms with Crippen molar-refractivity contribution in [1.29, 1.82) is 0 Å². The first-order chi connectivity index (χ1) is 5.67. The van der Waals surface area contributed by atoms with E-state index in [0.29, 0.717) is 0 Å². The van der Waals surface area contributed by atoms with E-state index in [-0.39, 0.29) is 0 Å². The highest BCUT2D eigenvalue weighted by Gasteiger charge is 2.24. The van der Waals surface area contributed by atoms with Crippen LogP contribution < -0.4 is 0 Å². The van der Waals surface area contributed by atoms with Crippen molar-refractivity contribution in [2.45, 2.75) is 32.2 Å². The van der Waals surface area contributed by atoms with Gasteiger partial charge in [-0.2, -0.15) is 4.99 Å². The van der Waals surface area contributed by atoms with Crippen LogP contribution in [0.1, 0.15) is 26.7 Å². The first-order valence-corrected chi connectivity index (χ1v) is 4.07. The average molecular weight is 167 g/mol. The Morgan fingerprint density at radius 2 is 2.42 bits per heavy atom. The molecule has 3 nitrogen and oxygen atoms in total. The molecule has 0 aromatic rings. The van der Waals surface area contributed by atoms with Gasteiger partial charge in [-0.05, 0) is 32.3 Å². The van der Waals surface area contributed by atoms with E-state index in [2.05, 4.69) is 4.99 Å². The van der Waals surface area contributed by atoms with Gasteiger partial charge in [0.25, 0.3) is 0 Å². The predicted octanol–water partition coefficient (Wildman–Crippen LogP) is 1.80. The second-order valence-corrected chi connectivity index (χ2v) is 3.38. The third kappa shape index (κ3) is 1.95. The molecular formula is C9H13NO2. The monoisotopic (exact) mass is 167 g/mol. The van der Waals surface area contributed by atoms with E-state index < -0.39 is 5.54 Å². The molecule has 0 aromatic heterocycles. The van der Waals surface area contributed by atoms with E-state index in [4.69, 9.17) is 4.74 Å². The molecule has 12 heavy (non-hydrogen) atoms. The Hall–Kier alpha value is -1.08. The number of ether oxygens (including phenoxy) is 1. The van der Waals surface area contributed by atoms with Crippen molar-refractivity contribution in [2.75, 3.05) is 6.61 Å². The van der Waals surface area contributed by atoms with Crippen molar-refractivity contribution in [1.82, 2.24) is 0 Å². The Morgan fingerprint density at radius 1 is 1.67 bits per heavy atom. The topological polar surface area (TPSA) is 38.7 Å². The number of hydrogen-bond donors (Lipinski definition) is 0. The average Bonchev–Trinajstić information content (AvgIpc) is 2.06. The SMILES string of the molecule is CC(C)(N=C=O)C1=COCCC1. The van der Waals surface area contributed by atoms with Crippen molar-refractivity contribution in [3.8, 4) is 0 Å². The highest BCUT2D eigenvalue weighted by molar-refractivity contribution is 5.37. The summed E-state index contributed by atoms with van der Waals surface area (Å²) in [6, 6.07) is 0. The van der Waals surface area contributed by atoms with E-state index in [1.54, 1.807) is 12.3 Å². The van der Waals surface area contributed by atoms with E-state index in [9.17, 15) is 4.79 Å². The molecule has 0 aliphatic carbocycles. The minimum atomic E-state index is -0.442.